The fourth-order valence-corrected chi connectivity index (χ4v) is 1.67. The van der Waals surface area contributed by atoms with Gasteiger partial charge in [-0.1, -0.05) is 25.2 Å². The van der Waals surface area contributed by atoms with Crippen molar-refractivity contribution in [2.75, 3.05) is 6.61 Å². The Morgan fingerprint density at radius 2 is 2.32 bits per heavy atom. The lowest BCUT2D eigenvalue weighted by Gasteiger charge is -2.12. The molecule has 2 N–H and O–H groups in total. The number of rotatable bonds is 5. The average Bonchev–Trinajstić information content (AvgIpc) is 2.39. The third-order valence-corrected chi connectivity index (χ3v) is 2.57. The van der Waals surface area contributed by atoms with E-state index in [4.69, 9.17) is 5.11 Å². The summed E-state index contributed by atoms with van der Waals surface area (Å²) in [5, 5.41) is 11.6. The molecule has 4 nitrogen and oxygen atoms in total. The molecule has 0 aliphatic carbocycles. The van der Waals surface area contributed by atoms with Crippen molar-refractivity contribution in [1.82, 2.24) is 10.3 Å². The molecule has 1 unspecified atom stereocenters. The van der Waals surface area contributed by atoms with Crippen LogP contribution in [0.4, 0.5) is 0 Å². The van der Waals surface area contributed by atoms with Gasteiger partial charge in [0.25, 0.3) is 5.91 Å². The highest BCUT2D eigenvalue weighted by Crippen LogP contribution is 2.03. The number of nitrogens with zero attached hydrogens (tertiary/aromatic N) is 1. The monoisotopic (exact) mass is 260 g/mol. The zero-order valence-electron chi connectivity index (χ0n) is 11.4. The van der Waals surface area contributed by atoms with Crippen LogP contribution in [0.1, 0.15) is 49.0 Å². The van der Waals surface area contributed by atoms with Gasteiger partial charge < -0.3 is 10.4 Å². The molecule has 1 amide bonds. The Morgan fingerprint density at radius 1 is 1.53 bits per heavy atom. The van der Waals surface area contributed by atoms with Crippen LogP contribution in [0.5, 0.6) is 0 Å². The van der Waals surface area contributed by atoms with Crippen molar-refractivity contribution in [2.24, 2.45) is 0 Å². The lowest BCUT2D eigenvalue weighted by molar-refractivity contribution is 0.0938. The topological polar surface area (TPSA) is 62.2 Å². The fourth-order valence-electron chi connectivity index (χ4n) is 1.67. The first-order valence-corrected chi connectivity index (χ1v) is 6.53. The summed E-state index contributed by atoms with van der Waals surface area (Å²) >= 11 is 0. The van der Waals surface area contributed by atoms with E-state index < -0.39 is 0 Å². The summed E-state index contributed by atoms with van der Waals surface area (Å²) < 4.78 is 0. The number of pyridine rings is 1. The van der Waals surface area contributed by atoms with Crippen molar-refractivity contribution in [3.63, 3.8) is 0 Å². The van der Waals surface area contributed by atoms with Crippen LogP contribution in [0.25, 0.3) is 0 Å². The predicted molar refractivity (Wildman–Crippen MR) is 74.7 cm³/mol. The number of carbonyl (C=O) groups is 1. The molecule has 1 aromatic heterocycles. The Morgan fingerprint density at radius 3 is 3.00 bits per heavy atom. The summed E-state index contributed by atoms with van der Waals surface area (Å²) in [5.74, 6) is 5.55. The second kappa shape index (κ2) is 8.28. The predicted octanol–water partition coefficient (Wildman–Crippen LogP) is 1.73. The Bertz CT molecular complexity index is 475. The largest absolute Gasteiger partial charge is 0.395 e. The number of amides is 1. The number of aliphatic hydroxyl groups excluding tert-OH is 1. The molecule has 1 heterocycles. The molecule has 102 valence electrons. The maximum atomic E-state index is 12.0. The van der Waals surface area contributed by atoms with Gasteiger partial charge in [-0.05, 0) is 19.4 Å². The van der Waals surface area contributed by atoms with Gasteiger partial charge in [-0.2, -0.15) is 0 Å². The first kappa shape index (κ1) is 15.2. The number of hydrogen-bond donors (Lipinski definition) is 2. The highest BCUT2D eigenvalue weighted by molar-refractivity contribution is 5.94. The molecule has 4 heteroatoms. The molecule has 0 saturated heterocycles. The van der Waals surface area contributed by atoms with Gasteiger partial charge in [0.05, 0.1) is 12.2 Å². The van der Waals surface area contributed by atoms with Gasteiger partial charge in [0.1, 0.15) is 0 Å². The van der Waals surface area contributed by atoms with Crippen LogP contribution in [-0.4, -0.2) is 28.6 Å². The van der Waals surface area contributed by atoms with E-state index in [1.54, 1.807) is 12.3 Å². The molecule has 1 atom stereocenters. The van der Waals surface area contributed by atoms with E-state index in [9.17, 15) is 4.79 Å². The Hall–Kier alpha value is -1.86. The molecular weight excluding hydrogens is 240 g/mol. The average molecular weight is 260 g/mol. The molecule has 0 saturated carbocycles. The van der Waals surface area contributed by atoms with Crippen molar-refractivity contribution in [2.45, 2.75) is 39.2 Å². The van der Waals surface area contributed by atoms with Crippen LogP contribution < -0.4 is 5.32 Å². The molecule has 0 spiro atoms. The second-order valence-electron chi connectivity index (χ2n) is 4.40. The van der Waals surface area contributed by atoms with Gasteiger partial charge in [-0.15, -0.1) is 0 Å². The quantitative estimate of drug-likeness (QED) is 0.793. The van der Waals surface area contributed by atoms with Gasteiger partial charge in [0.2, 0.25) is 0 Å². The van der Waals surface area contributed by atoms with Gasteiger partial charge in [-0.25, -0.2) is 0 Å². The molecular formula is C15H20N2O2. The van der Waals surface area contributed by atoms with Crippen LogP contribution in [0, 0.1) is 11.8 Å². The molecule has 0 fully saturated rings. The normalized spacial score (nSPS) is 11.3. The molecule has 0 bridgehead atoms. The molecule has 0 aliphatic heterocycles. The van der Waals surface area contributed by atoms with E-state index in [0.717, 1.165) is 12.8 Å². The van der Waals surface area contributed by atoms with E-state index in [1.165, 1.54) is 6.20 Å². The molecule has 0 aliphatic rings. The minimum atomic E-state index is -0.126. The summed E-state index contributed by atoms with van der Waals surface area (Å²) in [6.07, 6.45) is 5.55. The van der Waals surface area contributed by atoms with Crippen LogP contribution in [0.2, 0.25) is 0 Å². The summed E-state index contributed by atoms with van der Waals surface area (Å²) in [6, 6.07) is 1.87. The number of aromatic nitrogens is 1. The fraction of sp³-hybridized carbons (Fsp3) is 0.467. The maximum absolute atomic E-state index is 12.0. The zero-order valence-corrected chi connectivity index (χ0v) is 11.4. The zero-order chi connectivity index (χ0) is 14.1. The minimum Gasteiger partial charge on any atom is -0.395 e. The van der Waals surface area contributed by atoms with E-state index >= 15 is 0 Å². The lowest BCUT2D eigenvalue weighted by atomic mass is 10.1. The van der Waals surface area contributed by atoms with Crippen molar-refractivity contribution in [3.8, 4) is 11.8 Å². The van der Waals surface area contributed by atoms with E-state index in [2.05, 4.69) is 29.1 Å². The first-order chi connectivity index (χ1) is 9.17. The van der Waals surface area contributed by atoms with E-state index in [1.807, 2.05) is 6.92 Å². The van der Waals surface area contributed by atoms with Gasteiger partial charge in [0.15, 0.2) is 0 Å². The Kier molecular flexibility index (Phi) is 6.62. The van der Waals surface area contributed by atoms with Crippen LogP contribution >= 0.6 is 0 Å². The van der Waals surface area contributed by atoms with Crippen molar-refractivity contribution in [3.05, 3.63) is 29.6 Å². The molecule has 0 radical (unpaired) electrons. The molecule has 0 aromatic carbocycles. The number of nitrogens with one attached hydrogen (secondary N) is 1. The number of hydrogen-bond acceptors (Lipinski definition) is 3. The van der Waals surface area contributed by atoms with Crippen LogP contribution in [0.3, 0.4) is 0 Å². The summed E-state index contributed by atoms with van der Waals surface area (Å²) in [6.45, 7) is 4.11. The third-order valence-electron chi connectivity index (χ3n) is 2.57. The highest BCUT2D eigenvalue weighted by Gasteiger charge is 2.09. The second-order valence-corrected chi connectivity index (χ2v) is 4.40. The number of carbonyl (C=O) groups excluding carboxylic acids is 1. The number of aliphatic hydroxyl groups is 1. The Balaban J connectivity index is 2.71. The van der Waals surface area contributed by atoms with Gasteiger partial charge in [-0.3, -0.25) is 9.78 Å². The van der Waals surface area contributed by atoms with Crippen molar-refractivity contribution in [1.29, 1.82) is 0 Å². The standard InChI is InChI=1S/C15H20N2O2/c1-3-6-12(2)17-15(19)14-9-13(10-16-11-14)7-4-5-8-18/h9-12,18H,3,5-6,8H2,1-2H3,(H,17,19). The van der Waals surface area contributed by atoms with Crippen LogP contribution in [0.15, 0.2) is 18.5 Å². The van der Waals surface area contributed by atoms with E-state index in [0.29, 0.717) is 17.5 Å². The molecule has 1 aromatic rings. The van der Waals surface area contributed by atoms with Crippen LogP contribution in [-0.2, 0) is 0 Å². The smallest absolute Gasteiger partial charge is 0.253 e. The van der Waals surface area contributed by atoms with Crippen molar-refractivity contribution >= 4 is 5.91 Å². The molecule has 19 heavy (non-hydrogen) atoms. The van der Waals surface area contributed by atoms with Crippen molar-refractivity contribution < 1.29 is 9.90 Å². The summed E-state index contributed by atoms with van der Waals surface area (Å²) in [7, 11) is 0. The summed E-state index contributed by atoms with van der Waals surface area (Å²) in [4.78, 5) is 16.0. The van der Waals surface area contributed by atoms with E-state index in [-0.39, 0.29) is 18.6 Å². The SMILES string of the molecule is CCCC(C)NC(=O)c1cncc(C#CCCO)c1. The minimum absolute atomic E-state index is 0.0368. The highest BCUT2D eigenvalue weighted by atomic mass is 16.2. The first-order valence-electron chi connectivity index (χ1n) is 6.53. The third kappa shape index (κ3) is 5.54. The molecule has 1 rings (SSSR count). The maximum Gasteiger partial charge on any atom is 0.253 e. The van der Waals surface area contributed by atoms with Gasteiger partial charge >= 0.3 is 0 Å². The lowest BCUT2D eigenvalue weighted by Crippen LogP contribution is -2.32. The Labute approximate surface area is 114 Å². The summed E-state index contributed by atoms with van der Waals surface area (Å²) in [5.41, 5.74) is 1.20. The van der Waals surface area contributed by atoms with Gasteiger partial charge in [0, 0.05) is 30.4 Å².